The summed E-state index contributed by atoms with van der Waals surface area (Å²) in [4.78, 5) is 0. The maximum atomic E-state index is 6.06. The minimum atomic E-state index is 0.188. The van der Waals surface area contributed by atoms with Crippen LogP contribution in [-0.4, -0.2) is 35.0 Å². The van der Waals surface area contributed by atoms with Crippen LogP contribution in [0.3, 0.4) is 0 Å². The lowest BCUT2D eigenvalue weighted by Gasteiger charge is -2.24. The summed E-state index contributed by atoms with van der Waals surface area (Å²) in [6.45, 7) is 4.87. The van der Waals surface area contributed by atoms with Crippen LogP contribution < -0.4 is 0 Å². The summed E-state index contributed by atoms with van der Waals surface area (Å²) in [6.07, 6.45) is 9.93. The van der Waals surface area contributed by atoms with Gasteiger partial charge in [0.1, 0.15) is 29.1 Å². The molecule has 0 bridgehead atoms. The number of rotatable bonds is 7. The fourth-order valence-corrected chi connectivity index (χ4v) is 3.03. The van der Waals surface area contributed by atoms with E-state index in [1.165, 1.54) is 44.9 Å². The summed E-state index contributed by atoms with van der Waals surface area (Å²) in [5, 5.41) is 0. The highest BCUT2D eigenvalue weighted by atomic mass is 127. The minimum absolute atomic E-state index is 0.188. The maximum absolute atomic E-state index is 6.06. The Morgan fingerprint density at radius 2 is 1.78 bits per heavy atom. The largest absolute Gasteiger partial charge is 0.375 e. The van der Waals surface area contributed by atoms with E-state index in [2.05, 4.69) is 32.9 Å². The van der Waals surface area contributed by atoms with Gasteiger partial charge in [-0.1, -0.05) is 39.0 Å². The van der Waals surface area contributed by atoms with E-state index < -0.39 is 0 Å². The van der Waals surface area contributed by atoms with Crippen LogP contribution in [-0.2, 0) is 7.80 Å². The van der Waals surface area contributed by atoms with E-state index in [9.17, 15) is 0 Å². The third kappa shape index (κ3) is 7.81. The summed E-state index contributed by atoms with van der Waals surface area (Å²) in [5.74, 6) is 0. The molecule has 1 aliphatic carbocycles. The molecule has 0 saturated heterocycles. The van der Waals surface area contributed by atoms with Crippen LogP contribution in [0.5, 0.6) is 0 Å². The molecular formula is C13H25I2NO2. The van der Waals surface area contributed by atoms with Gasteiger partial charge in [-0.25, -0.2) is 3.11 Å². The second-order valence-electron chi connectivity index (χ2n) is 4.97. The first-order chi connectivity index (χ1) is 8.76. The van der Waals surface area contributed by atoms with Crippen LogP contribution in [0.15, 0.2) is 0 Å². The predicted molar refractivity (Wildman–Crippen MR) is 92.2 cm³/mol. The van der Waals surface area contributed by atoms with Crippen molar-refractivity contribution < 1.29 is 7.80 Å². The van der Waals surface area contributed by atoms with Crippen molar-refractivity contribution >= 4 is 45.9 Å². The van der Waals surface area contributed by atoms with Gasteiger partial charge in [-0.05, 0) is 12.8 Å². The highest BCUT2D eigenvalue weighted by Gasteiger charge is 2.16. The molecule has 3 nitrogen and oxygen atoms in total. The molecule has 0 N–H and O–H groups in total. The van der Waals surface area contributed by atoms with E-state index in [0.29, 0.717) is 6.10 Å². The minimum Gasteiger partial charge on any atom is -0.375 e. The van der Waals surface area contributed by atoms with E-state index in [0.717, 1.165) is 19.7 Å². The maximum Gasteiger partial charge on any atom is 0.110 e. The smallest absolute Gasteiger partial charge is 0.110 e. The molecule has 18 heavy (non-hydrogen) atoms. The molecule has 0 aliphatic heterocycles. The summed E-state index contributed by atoms with van der Waals surface area (Å²) < 4.78 is 13.8. The summed E-state index contributed by atoms with van der Waals surface area (Å²) in [7, 11) is 0. The Bertz CT molecular complexity index is 197. The third-order valence-corrected chi connectivity index (χ3v) is 5.24. The Hall–Kier alpha value is 1.34. The number of hydrogen-bond donors (Lipinski definition) is 0. The molecule has 0 amide bonds. The molecule has 1 fully saturated rings. The van der Waals surface area contributed by atoms with Gasteiger partial charge in [0.25, 0.3) is 0 Å². The van der Waals surface area contributed by atoms with Crippen LogP contribution in [0.4, 0.5) is 0 Å². The third-order valence-electron chi connectivity index (χ3n) is 3.44. The summed E-state index contributed by atoms with van der Waals surface area (Å²) in [5.41, 5.74) is 0. The first kappa shape index (κ1) is 17.4. The van der Waals surface area contributed by atoms with Gasteiger partial charge >= 0.3 is 0 Å². The number of likely N-dealkylation sites (N-methyl/N-ethyl adjacent to an activating group) is 1. The molecule has 1 unspecified atom stereocenters. The lowest BCUT2D eigenvalue weighted by Crippen LogP contribution is -2.31. The van der Waals surface area contributed by atoms with Gasteiger partial charge in [-0.3, -0.25) is 0 Å². The molecule has 0 heterocycles. The van der Waals surface area contributed by atoms with E-state index in [-0.39, 0.29) is 6.10 Å². The Balaban J connectivity index is 2.22. The SMILES string of the molecule is CCN(I)CC(COC1CCCCCCC1)OI. The molecule has 1 rings (SSSR count). The van der Waals surface area contributed by atoms with E-state index in [1.54, 1.807) is 0 Å². The molecular weight excluding hydrogens is 456 g/mol. The van der Waals surface area contributed by atoms with Gasteiger partial charge in [-0.2, -0.15) is 0 Å². The van der Waals surface area contributed by atoms with Gasteiger partial charge in [0.05, 0.1) is 12.7 Å². The molecule has 1 atom stereocenters. The van der Waals surface area contributed by atoms with E-state index in [1.807, 2.05) is 23.0 Å². The highest BCUT2D eigenvalue weighted by Crippen LogP contribution is 2.20. The number of halogens is 2. The molecule has 5 heteroatoms. The lowest BCUT2D eigenvalue weighted by atomic mass is 9.98. The number of nitrogens with zero attached hydrogens (tertiary/aromatic N) is 1. The van der Waals surface area contributed by atoms with Gasteiger partial charge < -0.3 is 7.80 Å². The lowest BCUT2D eigenvalue weighted by molar-refractivity contribution is -0.00293. The van der Waals surface area contributed by atoms with Crippen LogP contribution >= 0.6 is 45.9 Å². The fourth-order valence-electron chi connectivity index (χ4n) is 2.29. The topological polar surface area (TPSA) is 21.7 Å². The average molecular weight is 481 g/mol. The second kappa shape index (κ2) is 11.0. The highest BCUT2D eigenvalue weighted by molar-refractivity contribution is 14.1. The second-order valence-corrected chi connectivity index (χ2v) is 6.85. The predicted octanol–water partition coefficient (Wildman–Crippen LogP) is 4.52. The molecule has 1 saturated carbocycles. The summed E-state index contributed by atoms with van der Waals surface area (Å²) in [6, 6.07) is 0. The normalized spacial score (nSPS) is 20.7. The Morgan fingerprint density at radius 3 is 2.33 bits per heavy atom. The van der Waals surface area contributed by atoms with Crippen molar-refractivity contribution in [2.75, 3.05) is 19.7 Å². The average Bonchev–Trinajstić information content (AvgIpc) is 2.35. The standard InChI is InChI=1S/C13H25I2NO2/c1-2-16(14)10-13(18-15)11-17-12-8-6-4-3-5-7-9-12/h12-13H,2-11H2,1H3. The zero-order valence-corrected chi connectivity index (χ0v) is 15.6. The van der Waals surface area contributed by atoms with E-state index in [4.69, 9.17) is 7.80 Å². The number of ether oxygens (including phenoxy) is 1. The Labute approximate surface area is 140 Å². The van der Waals surface area contributed by atoms with Gasteiger partial charge in [-0.15, -0.1) is 0 Å². The fraction of sp³-hybridized carbons (Fsp3) is 1.00. The van der Waals surface area contributed by atoms with Crippen molar-refractivity contribution in [3.8, 4) is 0 Å². The monoisotopic (exact) mass is 481 g/mol. The number of hydrogen-bond acceptors (Lipinski definition) is 3. The Morgan fingerprint density at radius 1 is 1.17 bits per heavy atom. The van der Waals surface area contributed by atoms with Crippen molar-refractivity contribution in [2.24, 2.45) is 0 Å². The summed E-state index contributed by atoms with van der Waals surface area (Å²) >= 11 is 4.34. The van der Waals surface area contributed by atoms with Crippen LogP contribution in [0.1, 0.15) is 51.9 Å². The molecule has 0 spiro atoms. The van der Waals surface area contributed by atoms with Crippen LogP contribution in [0.25, 0.3) is 0 Å². The van der Waals surface area contributed by atoms with Crippen molar-refractivity contribution in [1.82, 2.24) is 3.11 Å². The van der Waals surface area contributed by atoms with Crippen LogP contribution in [0, 0.1) is 0 Å². The van der Waals surface area contributed by atoms with Crippen molar-refractivity contribution in [1.29, 1.82) is 0 Å². The molecule has 108 valence electrons. The van der Waals surface area contributed by atoms with E-state index >= 15 is 0 Å². The van der Waals surface area contributed by atoms with Crippen molar-refractivity contribution in [3.05, 3.63) is 0 Å². The molecule has 1 aliphatic rings. The van der Waals surface area contributed by atoms with Gasteiger partial charge in [0.15, 0.2) is 0 Å². The van der Waals surface area contributed by atoms with Crippen LogP contribution in [0.2, 0.25) is 0 Å². The van der Waals surface area contributed by atoms with Crippen molar-refractivity contribution in [2.45, 2.75) is 64.1 Å². The zero-order chi connectivity index (χ0) is 13.2. The molecule has 0 radical (unpaired) electrons. The quantitative estimate of drug-likeness (QED) is 0.395. The Kier molecular flexibility index (Phi) is 10.7. The first-order valence-corrected chi connectivity index (χ1v) is 8.90. The molecule has 0 aromatic heterocycles. The van der Waals surface area contributed by atoms with Gasteiger partial charge in [0.2, 0.25) is 0 Å². The van der Waals surface area contributed by atoms with Crippen molar-refractivity contribution in [3.63, 3.8) is 0 Å². The molecule has 0 aromatic rings. The zero-order valence-electron chi connectivity index (χ0n) is 11.2. The molecule has 0 aromatic carbocycles. The first-order valence-electron chi connectivity index (χ1n) is 7.06. The van der Waals surface area contributed by atoms with Gasteiger partial charge in [0, 0.05) is 36.0 Å².